The Morgan fingerprint density at radius 2 is 1.83 bits per heavy atom. The minimum absolute atomic E-state index is 0.133. The first-order chi connectivity index (χ1) is 8.53. The van der Waals surface area contributed by atoms with Gasteiger partial charge in [0.05, 0.1) is 21.3 Å². The Labute approximate surface area is 114 Å². The van der Waals surface area contributed by atoms with Crippen molar-refractivity contribution < 1.29 is 24.1 Å². The number of ether oxygens (including phenoxy) is 3. The van der Waals surface area contributed by atoms with Crippen LogP contribution in [0.3, 0.4) is 0 Å². The molecule has 0 saturated carbocycles. The zero-order chi connectivity index (χ0) is 13.7. The van der Waals surface area contributed by atoms with Gasteiger partial charge in [-0.1, -0.05) is 15.9 Å². The van der Waals surface area contributed by atoms with E-state index in [9.17, 15) is 9.90 Å². The summed E-state index contributed by atoms with van der Waals surface area (Å²) in [7, 11) is 4.29. The first-order valence-electron chi connectivity index (χ1n) is 5.19. The molecule has 5 nitrogen and oxygen atoms in total. The largest absolute Gasteiger partial charge is 0.493 e. The number of halogens is 1. The van der Waals surface area contributed by atoms with Gasteiger partial charge in [-0.05, 0) is 17.7 Å². The number of benzene rings is 1. The van der Waals surface area contributed by atoms with E-state index in [1.54, 1.807) is 12.1 Å². The summed E-state index contributed by atoms with van der Waals surface area (Å²) in [6, 6.07) is 3.42. The number of esters is 1. The van der Waals surface area contributed by atoms with Gasteiger partial charge in [-0.3, -0.25) is 0 Å². The molecule has 6 heteroatoms. The zero-order valence-electron chi connectivity index (χ0n) is 10.4. The highest BCUT2D eigenvalue weighted by atomic mass is 79.9. The molecular weight excluding hydrogens is 304 g/mol. The molecule has 1 N–H and O–H groups in total. The van der Waals surface area contributed by atoms with Crippen molar-refractivity contribution in [3.05, 3.63) is 22.2 Å². The van der Waals surface area contributed by atoms with Crippen molar-refractivity contribution >= 4 is 21.9 Å². The van der Waals surface area contributed by atoms with Crippen LogP contribution in [0.1, 0.15) is 5.56 Å². The summed E-state index contributed by atoms with van der Waals surface area (Å²) in [6.45, 7) is 0. The smallest absolute Gasteiger partial charge is 0.335 e. The summed E-state index contributed by atoms with van der Waals surface area (Å²) >= 11 is 3.35. The Bertz CT molecular complexity index is 433. The second kappa shape index (κ2) is 6.61. The molecule has 0 aliphatic heterocycles. The lowest BCUT2D eigenvalue weighted by Crippen LogP contribution is -2.24. The molecule has 0 aromatic heterocycles. The van der Waals surface area contributed by atoms with Gasteiger partial charge in [0.2, 0.25) is 0 Å². The molecule has 0 spiro atoms. The number of hydrogen-bond donors (Lipinski definition) is 1. The highest BCUT2D eigenvalue weighted by molar-refractivity contribution is 9.10. The van der Waals surface area contributed by atoms with Crippen LogP contribution in [0.2, 0.25) is 0 Å². The Morgan fingerprint density at radius 3 is 2.33 bits per heavy atom. The Hall–Kier alpha value is -1.27. The lowest BCUT2D eigenvalue weighted by Gasteiger charge is -2.13. The van der Waals surface area contributed by atoms with E-state index in [4.69, 9.17) is 9.47 Å². The lowest BCUT2D eigenvalue weighted by molar-refractivity contribution is -0.150. The third-order valence-corrected chi connectivity index (χ3v) is 3.18. The van der Waals surface area contributed by atoms with Crippen LogP contribution in [0, 0.1) is 0 Å². The number of rotatable bonds is 5. The van der Waals surface area contributed by atoms with Crippen LogP contribution in [0.4, 0.5) is 0 Å². The summed E-state index contributed by atoms with van der Waals surface area (Å²) in [6.07, 6.45) is -1.07. The third kappa shape index (κ3) is 3.36. The first-order valence-corrected chi connectivity index (χ1v) is 5.99. The van der Waals surface area contributed by atoms with Crippen molar-refractivity contribution in [3.8, 4) is 11.5 Å². The monoisotopic (exact) mass is 318 g/mol. The summed E-state index contributed by atoms with van der Waals surface area (Å²) in [4.78, 5) is 11.2. The van der Waals surface area contributed by atoms with Crippen molar-refractivity contribution in [2.24, 2.45) is 0 Å². The van der Waals surface area contributed by atoms with Gasteiger partial charge in [0.1, 0.15) is 0 Å². The third-order valence-electron chi connectivity index (χ3n) is 2.44. The van der Waals surface area contributed by atoms with E-state index in [1.165, 1.54) is 21.3 Å². The molecular formula is C12H15BrO5. The van der Waals surface area contributed by atoms with Crippen LogP contribution in [-0.4, -0.2) is 38.5 Å². The standard InChI is InChI=1S/C12H15BrO5/c1-16-10-5-7(4-9(14)12(15)18-3)8(13)6-11(10)17-2/h5-6,9,14H,4H2,1-3H3. The molecule has 0 aliphatic rings. The number of aliphatic hydroxyl groups is 1. The normalized spacial score (nSPS) is 11.8. The predicted molar refractivity (Wildman–Crippen MR) is 69.0 cm³/mol. The molecule has 0 amide bonds. The van der Waals surface area contributed by atoms with Crippen LogP contribution >= 0.6 is 15.9 Å². The maximum atomic E-state index is 11.2. The van der Waals surface area contributed by atoms with Crippen LogP contribution in [-0.2, 0) is 16.0 Å². The second-order valence-electron chi connectivity index (χ2n) is 3.54. The second-order valence-corrected chi connectivity index (χ2v) is 4.40. The molecule has 1 aromatic carbocycles. The van der Waals surface area contributed by atoms with E-state index < -0.39 is 12.1 Å². The number of aliphatic hydroxyl groups excluding tert-OH is 1. The van der Waals surface area contributed by atoms with Crippen molar-refractivity contribution in [1.82, 2.24) is 0 Å². The maximum absolute atomic E-state index is 11.2. The molecule has 18 heavy (non-hydrogen) atoms. The van der Waals surface area contributed by atoms with Gasteiger partial charge in [0, 0.05) is 10.9 Å². The molecule has 0 fully saturated rings. The first kappa shape index (κ1) is 14.8. The van der Waals surface area contributed by atoms with E-state index in [1.807, 2.05) is 0 Å². The summed E-state index contributed by atoms with van der Waals surface area (Å²) in [5.74, 6) is 0.435. The Morgan fingerprint density at radius 1 is 1.28 bits per heavy atom. The average Bonchev–Trinajstić information content (AvgIpc) is 2.39. The van der Waals surface area contributed by atoms with Crippen LogP contribution in [0.15, 0.2) is 16.6 Å². The number of hydrogen-bond acceptors (Lipinski definition) is 5. The van der Waals surface area contributed by atoms with E-state index in [0.29, 0.717) is 11.5 Å². The predicted octanol–water partition coefficient (Wildman–Crippen LogP) is 1.54. The number of carbonyl (C=O) groups excluding carboxylic acids is 1. The molecule has 100 valence electrons. The SMILES string of the molecule is COC(=O)C(O)Cc1cc(OC)c(OC)cc1Br. The fourth-order valence-electron chi connectivity index (χ4n) is 1.48. The van der Waals surface area contributed by atoms with Gasteiger partial charge in [-0.15, -0.1) is 0 Å². The van der Waals surface area contributed by atoms with Crippen molar-refractivity contribution in [2.75, 3.05) is 21.3 Å². The van der Waals surface area contributed by atoms with Gasteiger partial charge in [0.25, 0.3) is 0 Å². The highest BCUT2D eigenvalue weighted by Crippen LogP contribution is 2.33. The fourth-order valence-corrected chi connectivity index (χ4v) is 1.96. The van der Waals surface area contributed by atoms with Crippen LogP contribution in [0.5, 0.6) is 11.5 Å². The molecule has 0 radical (unpaired) electrons. The van der Waals surface area contributed by atoms with Gasteiger partial charge in [-0.25, -0.2) is 4.79 Å². The van der Waals surface area contributed by atoms with E-state index in [0.717, 1.165) is 10.0 Å². The maximum Gasteiger partial charge on any atom is 0.335 e. The summed E-state index contributed by atoms with van der Waals surface area (Å²) in [5, 5.41) is 9.62. The minimum Gasteiger partial charge on any atom is -0.493 e. The van der Waals surface area contributed by atoms with Gasteiger partial charge < -0.3 is 19.3 Å². The van der Waals surface area contributed by atoms with E-state index in [-0.39, 0.29) is 6.42 Å². The average molecular weight is 319 g/mol. The summed E-state index contributed by atoms with van der Waals surface area (Å²) < 4.78 is 15.5. The molecule has 1 rings (SSSR count). The molecule has 1 atom stereocenters. The lowest BCUT2D eigenvalue weighted by atomic mass is 10.1. The van der Waals surface area contributed by atoms with Crippen molar-refractivity contribution in [1.29, 1.82) is 0 Å². The molecule has 0 heterocycles. The summed E-state index contributed by atoms with van der Waals surface area (Å²) in [5.41, 5.74) is 0.727. The van der Waals surface area contributed by atoms with E-state index in [2.05, 4.69) is 20.7 Å². The molecule has 1 unspecified atom stereocenters. The zero-order valence-corrected chi connectivity index (χ0v) is 12.0. The number of carbonyl (C=O) groups is 1. The van der Waals surface area contributed by atoms with Gasteiger partial charge >= 0.3 is 5.97 Å². The molecule has 1 aromatic rings. The minimum atomic E-state index is -1.20. The van der Waals surface area contributed by atoms with Crippen molar-refractivity contribution in [2.45, 2.75) is 12.5 Å². The quantitative estimate of drug-likeness (QED) is 0.834. The number of methoxy groups -OCH3 is 3. The highest BCUT2D eigenvalue weighted by Gasteiger charge is 2.19. The van der Waals surface area contributed by atoms with Crippen LogP contribution in [0.25, 0.3) is 0 Å². The molecule has 0 saturated heterocycles. The van der Waals surface area contributed by atoms with E-state index >= 15 is 0 Å². The van der Waals surface area contributed by atoms with Crippen molar-refractivity contribution in [3.63, 3.8) is 0 Å². The van der Waals surface area contributed by atoms with Gasteiger partial charge in [0.15, 0.2) is 17.6 Å². The Kier molecular flexibility index (Phi) is 5.43. The van der Waals surface area contributed by atoms with Gasteiger partial charge in [-0.2, -0.15) is 0 Å². The molecule has 0 aliphatic carbocycles. The topological polar surface area (TPSA) is 65.0 Å². The molecule has 0 bridgehead atoms. The Balaban J connectivity index is 2.99. The fraction of sp³-hybridized carbons (Fsp3) is 0.417. The van der Waals surface area contributed by atoms with Crippen LogP contribution < -0.4 is 9.47 Å².